The first kappa shape index (κ1) is 22.6. The van der Waals surface area contributed by atoms with E-state index < -0.39 is 30.0 Å². The number of carbonyl (C=O) groups is 1. The molecule has 1 N–H and O–H groups in total. The molecule has 1 aromatic heterocycles. The second-order valence-electron chi connectivity index (χ2n) is 8.05. The van der Waals surface area contributed by atoms with Crippen LogP contribution in [0.4, 0.5) is 19.0 Å². The molecule has 2 atom stereocenters. The third-order valence-corrected chi connectivity index (χ3v) is 5.52. The van der Waals surface area contributed by atoms with Gasteiger partial charge in [0.2, 0.25) is 6.10 Å². The van der Waals surface area contributed by atoms with Crippen molar-refractivity contribution >= 4 is 22.5 Å². The zero-order chi connectivity index (χ0) is 23.9. The Labute approximate surface area is 188 Å². The molecular formula is C23H23F3N4O3. The highest BCUT2D eigenvalue weighted by molar-refractivity contribution is 5.96. The van der Waals surface area contributed by atoms with Crippen molar-refractivity contribution in [3.63, 3.8) is 0 Å². The van der Waals surface area contributed by atoms with Crippen molar-refractivity contribution in [1.29, 1.82) is 0 Å². The summed E-state index contributed by atoms with van der Waals surface area (Å²) in [6.07, 6.45) is -3.67. The number of ether oxygens (including phenoxy) is 2. The summed E-state index contributed by atoms with van der Waals surface area (Å²) in [5.41, 5.74) is 0.0508. The maximum Gasteiger partial charge on any atom is 0.266 e. The first-order chi connectivity index (χ1) is 15.7. The van der Waals surface area contributed by atoms with Crippen LogP contribution in [-0.4, -0.2) is 47.8 Å². The van der Waals surface area contributed by atoms with Crippen molar-refractivity contribution in [2.24, 2.45) is 0 Å². The largest absolute Gasteiger partial charge is 0.485 e. The molecule has 0 saturated carbocycles. The SMILES string of the molecule is Cc1nnc(N[C@H](C)c2cccc(C(F)F)c2F)c2cc3c(cc12)OC(C(=O)N(C)C)CO3. The Morgan fingerprint density at radius 3 is 2.55 bits per heavy atom. The van der Waals surface area contributed by atoms with Crippen LogP contribution in [-0.2, 0) is 4.79 Å². The fourth-order valence-corrected chi connectivity index (χ4v) is 3.72. The molecule has 33 heavy (non-hydrogen) atoms. The third kappa shape index (κ3) is 4.24. The third-order valence-electron chi connectivity index (χ3n) is 5.52. The van der Waals surface area contributed by atoms with Gasteiger partial charge in [0.25, 0.3) is 12.3 Å². The van der Waals surface area contributed by atoms with Gasteiger partial charge < -0.3 is 19.7 Å². The monoisotopic (exact) mass is 460 g/mol. The number of likely N-dealkylation sites (N-methyl/N-ethyl adjacent to an activating group) is 1. The van der Waals surface area contributed by atoms with Gasteiger partial charge in [-0.15, -0.1) is 5.10 Å². The van der Waals surface area contributed by atoms with E-state index in [-0.39, 0.29) is 18.1 Å². The Bertz CT molecular complexity index is 1220. The summed E-state index contributed by atoms with van der Waals surface area (Å²) in [6, 6.07) is 6.67. The molecule has 0 fully saturated rings. The molecular weight excluding hydrogens is 437 g/mol. The lowest BCUT2D eigenvalue weighted by Gasteiger charge is -2.28. The van der Waals surface area contributed by atoms with E-state index in [9.17, 15) is 18.0 Å². The number of amides is 1. The Hall–Kier alpha value is -3.56. The summed E-state index contributed by atoms with van der Waals surface area (Å²) in [5, 5.41) is 12.7. The number of alkyl halides is 2. The summed E-state index contributed by atoms with van der Waals surface area (Å²) in [5.74, 6) is -0.000922. The van der Waals surface area contributed by atoms with Crippen LogP contribution < -0.4 is 14.8 Å². The van der Waals surface area contributed by atoms with Gasteiger partial charge in [-0.3, -0.25) is 4.79 Å². The van der Waals surface area contributed by atoms with E-state index in [0.29, 0.717) is 33.8 Å². The van der Waals surface area contributed by atoms with Crippen LogP contribution in [0.15, 0.2) is 30.3 Å². The van der Waals surface area contributed by atoms with E-state index in [4.69, 9.17) is 9.47 Å². The molecule has 174 valence electrons. The Kier molecular flexibility index (Phi) is 6.01. The minimum Gasteiger partial charge on any atom is -0.485 e. The van der Waals surface area contributed by atoms with Crippen LogP contribution in [0.1, 0.15) is 36.2 Å². The minimum atomic E-state index is -2.91. The van der Waals surface area contributed by atoms with Crippen molar-refractivity contribution in [2.45, 2.75) is 32.4 Å². The van der Waals surface area contributed by atoms with Crippen LogP contribution in [0.25, 0.3) is 10.8 Å². The first-order valence-electron chi connectivity index (χ1n) is 10.3. The van der Waals surface area contributed by atoms with Gasteiger partial charge in [0.05, 0.1) is 17.3 Å². The van der Waals surface area contributed by atoms with Crippen LogP contribution in [0, 0.1) is 12.7 Å². The van der Waals surface area contributed by atoms with Crippen LogP contribution >= 0.6 is 0 Å². The fourth-order valence-electron chi connectivity index (χ4n) is 3.72. The molecule has 0 radical (unpaired) electrons. The predicted molar refractivity (Wildman–Crippen MR) is 116 cm³/mol. The van der Waals surface area contributed by atoms with Crippen molar-refractivity contribution in [2.75, 3.05) is 26.0 Å². The van der Waals surface area contributed by atoms with E-state index in [0.717, 1.165) is 6.07 Å². The van der Waals surface area contributed by atoms with Crippen molar-refractivity contribution in [3.8, 4) is 11.5 Å². The molecule has 3 aromatic rings. The topological polar surface area (TPSA) is 76.6 Å². The normalized spacial score (nSPS) is 16.1. The highest BCUT2D eigenvalue weighted by atomic mass is 19.3. The van der Waals surface area contributed by atoms with E-state index in [1.54, 1.807) is 40.1 Å². The smallest absolute Gasteiger partial charge is 0.266 e. The van der Waals surface area contributed by atoms with Crippen molar-refractivity contribution in [1.82, 2.24) is 15.1 Å². The molecule has 1 aliphatic heterocycles. The molecule has 1 unspecified atom stereocenters. The molecule has 7 nitrogen and oxygen atoms in total. The average molecular weight is 460 g/mol. The quantitative estimate of drug-likeness (QED) is 0.608. The lowest BCUT2D eigenvalue weighted by molar-refractivity contribution is -0.138. The van der Waals surface area contributed by atoms with Gasteiger partial charge in [-0.25, -0.2) is 13.2 Å². The van der Waals surface area contributed by atoms with Crippen LogP contribution in [0.2, 0.25) is 0 Å². The van der Waals surface area contributed by atoms with Gasteiger partial charge in [-0.1, -0.05) is 18.2 Å². The maximum atomic E-state index is 14.6. The number of hydrogen-bond donors (Lipinski definition) is 1. The molecule has 1 aliphatic rings. The summed E-state index contributed by atoms with van der Waals surface area (Å²) in [4.78, 5) is 13.7. The zero-order valence-corrected chi connectivity index (χ0v) is 18.5. The number of nitrogens with one attached hydrogen (secondary N) is 1. The second-order valence-corrected chi connectivity index (χ2v) is 8.05. The van der Waals surface area contributed by atoms with Gasteiger partial charge in [0.1, 0.15) is 12.4 Å². The molecule has 0 saturated heterocycles. The number of aromatic nitrogens is 2. The predicted octanol–water partition coefficient (Wildman–Crippen LogP) is 4.42. The number of nitrogens with zero attached hydrogens (tertiary/aromatic N) is 3. The van der Waals surface area contributed by atoms with E-state index in [2.05, 4.69) is 15.5 Å². The Morgan fingerprint density at radius 2 is 1.85 bits per heavy atom. The average Bonchev–Trinajstić information content (AvgIpc) is 2.79. The van der Waals surface area contributed by atoms with Crippen molar-refractivity contribution < 1.29 is 27.4 Å². The van der Waals surface area contributed by atoms with Crippen LogP contribution in [0.3, 0.4) is 0 Å². The number of hydrogen-bond acceptors (Lipinski definition) is 6. The number of benzene rings is 2. The summed E-state index contributed by atoms with van der Waals surface area (Å²) >= 11 is 0. The summed E-state index contributed by atoms with van der Waals surface area (Å²) in [7, 11) is 3.28. The molecule has 0 aliphatic carbocycles. The number of rotatable bonds is 5. The maximum absolute atomic E-state index is 14.6. The molecule has 4 rings (SSSR count). The van der Waals surface area contributed by atoms with Gasteiger partial charge in [0.15, 0.2) is 17.3 Å². The lowest BCUT2D eigenvalue weighted by atomic mass is 10.0. The number of aryl methyl sites for hydroxylation is 1. The number of anilines is 1. The van der Waals surface area contributed by atoms with Crippen LogP contribution in [0.5, 0.6) is 11.5 Å². The highest BCUT2D eigenvalue weighted by Crippen LogP contribution is 2.39. The van der Waals surface area contributed by atoms with Gasteiger partial charge in [-0.2, -0.15) is 5.10 Å². The minimum absolute atomic E-state index is 0.0534. The summed E-state index contributed by atoms with van der Waals surface area (Å²) in [6.45, 7) is 3.47. The zero-order valence-electron chi connectivity index (χ0n) is 18.5. The highest BCUT2D eigenvalue weighted by Gasteiger charge is 2.30. The number of fused-ring (bicyclic) bond motifs is 2. The van der Waals surface area contributed by atoms with E-state index in [1.165, 1.54) is 17.0 Å². The molecule has 0 bridgehead atoms. The van der Waals surface area contributed by atoms with E-state index in [1.807, 2.05) is 0 Å². The molecule has 2 heterocycles. The molecule has 0 spiro atoms. The Balaban J connectivity index is 1.69. The van der Waals surface area contributed by atoms with Gasteiger partial charge in [-0.05, 0) is 26.0 Å². The molecule has 1 amide bonds. The van der Waals surface area contributed by atoms with Gasteiger partial charge in [0, 0.05) is 30.4 Å². The molecule has 2 aromatic carbocycles. The van der Waals surface area contributed by atoms with Gasteiger partial charge >= 0.3 is 0 Å². The fraction of sp³-hybridized carbons (Fsp3) is 0.348. The second kappa shape index (κ2) is 8.76. The Morgan fingerprint density at radius 1 is 1.15 bits per heavy atom. The summed E-state index contributed by atoms with van der Waals surface area (Å²) < 4.78 is 52.4. The lowest BCUT2D eigenvalue weighted by Crippen LogP contribution is -2.43. The number of carbonyl (C=O) groups excluding carboxylic acids is 1. The van der Waals surface area contributed by atoms with E-state index >= 15 is 0 Å². The standard InChI is InChI=1S/C23H23F3N4O3/c1-11(13-6-5-7-14(20(13)24)21(25)26)27-22-16-9-17-18(8-15(16)12(2)28-29-22)33-19(10-32-17)23(31)30(3)4/h5-9,11,19,21H,10H2,1-4H3,(H,27,29)/t11-,19?/m1/s1. The number of halogens is 3. The van der Waals surface area contributed by atoms with Crippen molar-refractivity contribution in [3.05, 3.63) is 53.0 Å². The first-order valence-corrected chi connectivity index (χ1v) is 10.3. The molecule has 10 heteroatoms.